The first-order valence-electron chi connectivity index (χ1n) is 13.8. The van der Waals surface area contributed by atoms with Gasteiger partial charge in [0.25, 0.3) is 12.9 Å². The zero-order chi connectivity index (χ0) is 35.0. The van der Waals surface area contributed by atoms with E-state index in [1.165, 1.54) is 42.5 Å². The second-order valence-electron chi connectivity index (χ2n) is 10.2. The normalized spacial score (nSPS) is 18.7. The monoisotopic (exact) mass is 705 g/mol. The van der Waals surface area contributed by atoms with Gasteiger partial charge in [0, 0.05) is 41.6 Å². The smallest absolute Gasteiger partial charge is 0.403 e. The van der Waals surface area contributed by atoms with Crippen molar-refractivity contribution in [3.8, 4) is 11.5 Å². The number of carbonyl (C=O) groups excluding carboxylic acids is 3. The lowest BCUT2D eigenvalue weighted by Gasteiger charge is -2.35. The number of hydrogen-bond donors (Lipinski definition) is 7. The summed E-state index contributed by atoms with van der Waals surface area (Å²) in [6.07, 6.45) is 2.45. The van der Waals surface area contributed by atoms with Crippen molar-refractivity contribution in [1.82, 2.24) is 10.4 Å². The van der Waals surface area contributed by atoms with E-state index in [-0.39, 0.29) is 65.4 Å². The van der Waals surface area contributed by atoms with Gasteiger partial charge in [-0.15, -0.1) is 0 Å². The number of carboxylic acid groups (broad SMARTS) is 2. The van der Waals surface area contributed by atoms with Crippen LogP contribution >= 0.6 is 20.0 Å². The Balaban J connectivity index is 1.49. The molecule has 0 spiro atoms. The third-order valence-electron chi connectivity index (χ3n) is 7.00. The Kier molecular flexibility index (Phi) is 11.6. The molecule has 0 bridgehead atoms. The van der Waals surface area contributed by atoms with Crippen LogP contribution in [0.15, 0.2) is 60.4 Å². The maximum atomic E-state index is 12.5. The first kappa shape index (κ1) is 35.7. The number of benzene rings is 2. The van der Waals surface area contributed by atoms with Crippen molar-refractivity contribution in [2.75, 3.05) is 18.5 Å². The second kappa shape index (κ2) is 15.6. The molecule has 0 fully saturated rings. The average molecular weight is 706 g/mol. The number of aromatic hydroxyl groups is 1. The number of carbonyl (C=O) groups is 5. The van der Waals surface area contributed by atoms with Crippen molar-refractivity contribution in [3.63, 3.8) is 0 Å². The van der Waals surface area contributed by atoms with Crippen LogP contribution < -0.4 is 20.5 Å². The van der Waals surface area contributed by atoms with Crippen LogP contribution in [0.4, 0.5) is 5.69 Å². The van der Waals surface area contributed by atoms with Crippen LogP contribution in [0, 0.1) is 5.92 Å². The predicted molar refractivity (Wildman–Crippen MR) is 167 cm³/mol. The van der Waals surface area contributed by atoms with E-state index in [1.807, 2.05) is 5.09 Å². The summed E-state index contributed by atoms with van der Waals surface area (Å²) in [6, 6.07) is 7.13. The number of phenolic OH excluding ortho intramolecular Hbond substituents is 1. The van der Waals surface area contributed by atoms with Crippen LogP contribution in [0.5, 0.6) is 11.5 Å². The molecule has 3 unspecified atom stereocenters. The summed E-state index contributed by atoms with van der Waals surface area (Å²) in [5.41, 5.74) is 0.971. The van der Waals surface area contributed by atoms with Gasteiger partial charge in [0.2, 0.25) is 0 Å². The van der Waals surface area contributed by atoms with Crippen molar-refractivity contribution < 1.29 is 67.5 Å². The van der Waals surface area contributed by atoms with Gasteiger partial charge in [-0.05, 0) is 42.1 Å². The van der Waals surface area contributed by atoms with Gasteiger partial charge in [-0.25, -0.2) is 14.4 Å². The number of ketones is 1. The van der Waals surface area contributed by atoms with Gasteiger partial charge in [0.1, 0.15) is 29.9 Å². The highest BCUT2D eigenvalue weighted by Gasteiger charge is 2.38. The van der Waals surface area contributed by atoms with Crippen molar-refractivity contribution in [2.24, 2.45) is 5.92 Å². The lowest BCUT2D eigenvalue weighted by atomic mass is 9.74. The highest BCUT2D eigenvalue weighted by Crippen LogP contribution is 2.49. The molecular weight excluding hydrogens is 677 g/mol. The van der Waals surface area contributed by atoms with Gasteiger partial charge >= 0.3 is 19.7 Å². The molecule has 0 saturated heterocycles. The molecule has 19 heteroatoms. The Labute approximate surface area is 276 Å². The third-order valence-corrected chi connectivity index (χ3v) is 8.36. The minimum absolute atomic E-state index is 0.00500. The molecule has 4 rings (SSSR count). The number of aliphatic carboxylic acids is 1. The molecule has 1 aliphatic heterocycles. The second-order valence-corrected chi connectivity index (χ2v) is 12.1. The van der Waals surface area contributed by atoms with Crippen molar-refractivity contribution in [1.29, 1.82) is 0 Å². The van der Waals surface area contributed by atoms with E-state index in [2.05, 4.69) is 15.4 Å². The van der Waals surface area contributed by atoms with Crippen LogP contribution in [0.1, 0.15) is 33.8 Å². The molecule has 2 aromatic carbocycles. The molecule has 7 N–H and O–H groups in total. The molecular formula is C29H28N3O14PS. The van der Waals surface area contributed by atoms with E-state index in [9.17, 15) is 48.8 Å². The fourth-order valence-corrected chi connectivity index (χ4v) is 6.26. The average Bonchev–Trinajstić information content (AvgIpc) is 3.02. The summed E-state index contributed by atoms with van der Waals surface area (Å²) in [5.74, 6) is -3.84. The maximum Gasteiger partial charge on any atom is 0.403 e. The highest BCUT2D eigenvalue weighted by atomic mass is 32.1. The molecule has 2 aliphatic rings. The Morgan fingerprint density at radius 2 is 1.85 bits per heavy atom. The maximum absolute atomic E-state index is 12.5. The fraction of sp³-hybridized carbons (Fsp3) is 0.241. The van der Waals surface area contributed by atoms with E-state index in [0.717, 1.165) is 0 Å². The Morgan fingerprint density at radius 3 is 2.54 bits per heavy atom. The number of phenols is 1. The molecule has 1 aliphatic carbocycles. The molecule has 0 aromatic heterocycles. The van der Waals surface area contributed by atoms with Crippen molar-refractivity contribution >= 4 is 61.4 Å². The lowest BCUT2D eigenvalue weighted by molar-refractivity contribution is -0.140. The number of rotatable bonds is 16. The van der Waals surface area contributed by atoms with Gasteiger partial charge in [-0.3, -0.25) is 23.7 Å². The van der Waals surface area contributed by atoms with E-state index < -0.39 is 50.4 Å². The molecule has 254 valence electrons. The zero-order valence-electron chi connectivity index (χ0n) is 24.5. The summed E-state index contributed by atoms with van der Waals surface area (Å²) in [6.45, 7) is -1.09. The van der Waals surface area contributed by atoms with E-state index in [4.69, 9.17) is 26.2 Å². The van der Waals surface area contributed by atoms with E-state index in [0.29, 0.717) is 11.1 Å². The van der Waals surface area contributed by atoms with Gasteiger partial charge < -0.3 is 45.1 Å². The Bertz CT molecular complexity index is 1730. The van der Waals surface area contributed by atoms with Gasteiger partial charge in [0.05, 0.1) is 12.2 Å². The number of nitrogens with one attached hydrogen (secondary N) is 3. The minimum Gasteiger partial charge on any atom is -0.508 e. The van der Waals surface area contributed by atoms with Crippen LogP contribution in [0.3, 0.4) is 0 Å². The number of thiocarbonyl (C=S) groups is 1. The van der Waals surface area contributed by atoms with Gasteiger partial charge in [0.15, 0.2) is 17.1 Å². The summed E-state index contributed by atoms with van der Waals surface area (Å²) in [7, 11) is -4.81. The summed E-state index contributed by atoms with van der Waals surface area (Å²) in [5, 5.41) is 36.3. The molecule has 17 nitrogen and oxygen atoms in total. The molecule has 0 saturated carbocycles. The molecule has 0 amide bonds. The topological polar surface area (TPSA) is 256 Å². The number of hydrogen-bond acceptors (Lipinski definition) is 12. The Morgan fingerprint density at radius 1 is 1.10 bits per heavy atom. The largest absolute Gasteiger partial charge is 0.508 e. The molecule has 1 heterocycles. The summed E-state index contributed by atoms with van der Waals surface area (Å²) in [4.78, 5) is 67.4. The third kappa shape index (κ3) is 9.02. The van der Waals surface area contributed by atoms with Crippen LogP contribution in [-0.4, -0.2) is 81.5 Å². The van der Waals surface area contributed by atoms with Crippen LogP contribution in [-0.2, 0) is 37.7 Å². The standard InChI is InChI=1S/C29H28N3O14PS/c33-13-43-8-7-22(28(39)40)32-47(41,42)45-12-25(44-14-34)31-29(48)30-15-1-4-18(21(9-15)27(37)38)26-19-5-2-16(35)10-23(19)46-24-11-17(36)3-6-20(24)26/h1-6,9-11,13-14,19,22,25-26,36H,7-8,12H2,(H,37,38)(H,39,40)(H2,30,31,48)(H2,32,41,42)/t19?,22-,25+,26?/m0/s1. The van der Waals surface area contributed by atoms with E-state index >= 15 is 0 Å². The number of anilines is 1. The number of aromatic carboxylic acids is 1. The number of carboxylic acids is 2. The molecule has 5 atom stereocenters. The quantitative estimate of drug-likeness (QED) is 0.0432. The molecule has 0 radical (unpaired) electrons. The highest BCUT2D eigenvalue weighted by molar-refractivity contribution is 7.80. The summed E-state index contributed by atoms with van der Waals surface area (Å²) >= 11 is 5.24. The van der Waals surface area contributed by atoms with Crippen molar-refractivity contribution in [3.05, 3.63) is 77.1 Å². The van der Waals surface area contributed by atoms with Gasteiger partial charge in [-0.1, -0.05) is 18.2 Å². The minimum atomic E-state index is -4.81. The zero-order valence-corrected chi connectivity index (χ0v) is 26.2. The van der Waals surface area contributed by atoms with Crippen LogP contribution in [0.25, 0.3) is 0 Å². The number of allylic oxidation sites excluding steroid dienone is 3. The first-order chi connectivity index (χ1) is 22.8. The first-order valence-corrected chi connectivity index (χ1v) is 15.8. The van der Waals surface area contributed by atoms with Crippen molar-refractivity contribution in [2.45, 2.75) is 24.6 Å². The van der Waals surface area contributed by atoms with E-state index in [1.54, 1.807) is 12.1 Å². The number of fused-ring (bicyclic) bond motifs is 2. The van der Waals surface area contributed by atoms with Gasteiger partial charge in [-0.2, -0.15) is 0 Å². The summed E-state index contributed by atoms with van der Waals surface area (Å²) < 4.78 is 32.4. The lowest BCUT2D eigenvalue weighted by Crippen LogP contribution is -2.43. The fourth-order valence-electron chi connectivity index (χ4n) is 4.97. The SMILES string of the molecule is O=COCC[C@H](NP(=O)(O)OC[C@H](NC(=S)Nc1ccc(C2c3ccc(O)cc3OC3=CC(=O)C=CC32)c(C(=O)O)c1)OC=O)C(=O)O. The number of ether oxygens (including phenoxy) is 3. The molecule has 2 aromatic rings. The Hall–Kier alpha value is -5.13. The van der Waals surface area contributed by atoms with Crippen LogP contribution in [0.2, 0.25) is 0 Å². The predicted octanol–water partition coefficient (Wildman–Crippen LogP) is 1.76. The molecule has 48 heavy (non-hydrogen) atoms.